The SMILES string of the molecule is COc1ccc(-c2nc(CN=C(N)Nc3ccc4c(c3)OCCCO4)cs2)cc1.I. The van der Waals surface area contributed by atoms with E-state index in [2.05, 4.69) is 15.3 Å². The standard InChI is InChI=1S/C21H22N4O3S.HI/c1-26-17-6-3-14(4-7-17)20-24-16(13-29-20)12-23-21(22)25-15-5-8-18-19(11-15)28-10-2-9-27-18;/h3-8,11,13H,2,9-10,12H2,1H3,(H3,22,23,25);1H. The summed E-state index contributed by atoms with van der Waals surface area (Å²) < 4.78 is 16.5. The van der Waals surface area contributed by atoms with E-state index < -0.39 is 0 Å². The Labute approximate surface area is 196 Å². The first-order valence-electron chi connectivity index (χ1n) is 9.27. The number of rotatable bonds is 5. The second-order valence-corrected chi connectivity index (χ2v) is 7.27. The first-order chi connectivity index (χ1) is 14.2. The number of aromatic nitrogens is 1. The van der Waals surface area contributed by atoms with Crippen LogP contribution in [-0.4, -0.2) is 31.3 Å². The van der Waals surface area contributed by atoms with Crippen LogP contribution in [0.2, 0.25) is 0 Å². The van der Waals surface area contributed by atoms with Gasteiger partial charge in [-0.25, -0.2) is 9.98 Å². The number of nitrogens with one attached hydrogen (secondary N) is 1. The van der Waals surface area contributed by atoms with Crippen LogP contribution < -0.4 is 25.3 Å². The topological polar surface area (TPSA) is 91.0 Å². The average molecular weight is 538 g/mol. The van der Waals surface area contributed by atoms with E-state index in [-0.39, 0.29) is 24.0 Å². The lowest BCUT2D eigenvalue weighted by Gasteiger charge is -2.10. The van der Waals surface area contributed by atoms with Gasteiger partial charge < -0.3 is 25.3 Å². The summed E-state index contributed by atoms with van der Waals surface area (Å²) >= 11 is 1.58. The fourth-order valence-electron chi connectivity index (χ4n) is 2.84. The van der Waals surface area contributed by atoms with Gasteiger partial charge in [-0.15, -0.1) is 35.3 Å². The van der Waals surface area contributed by atoms with Gasteiger partial charge in [0.05, 0.1) is 32.6 Å². The van der Waals surface area contributed by atoms with Crippen molar-refractivity contribution in [3.63, 3.8) is 0 Å². The molecule has 0 radical (unpaired) electrons. The number of halogens is 1. The van der Waals surface area contributed by atoms with E-state index >= 15 is 0 Å². The molecule has 4 rings (SSSR count). The van der Waals surface area contributed by atoms with Crippen LogP contribution in [0, 0.1) is 0 Å². The third-order valence-corrected chi connectivity index (χ3v) is 5.26. The van der Waals surface area contributed by atoms with E-state index in [4.69, 9.17) is 19.9 Å². The number of fused-ring (bicyclic) bond motifs is 1. The Kier molecular flexibility index (Phi) is 7.75. The van der Waals surface area contributed by atoms with Gasteiger partial charge in [-0.1, -0.05) is 0 Å². The van der Waals surface area contributed by atoms with Crippen LogP contribution in [0.4, 0.5) is 5.69 Å². The maximum Gasteiger partial charge on any atom is 0.193 e. The van der Waals surface area contributed by atoms with Crippen LogP contribution in [0.15, 0.2) is 52.8 Å². The third-order valence-electron chi connectivity index (χ3n) is 4.32. The number of aliphatic imine (C=N–C) groups is 1. The number of benzene rings is 2. The number of nitrogens with two attached hydrogens (primary N) is 1. The molecule has 30 heavy (non-hydrogen) atoms. The molecule has 1 aliphatic rings. The quantitative estimate of drug-likeness (QED) is 0.282. The molecule has 1 aliphatic heterocycles. The number of hydrogen-bond donors (Lipinski definition) is 2. The van der Waals surface area contributed by atoms with Crippen molar-refractivity contribution in [2.45, 2.75) is 13.0 Å². The molecule has 9 heteroatoms. The second kappa shape index (κ2) is 10.5. The first-order valence-corrected chi connectivity index (χ1v) is 10.1. The zero-order valence-corrected chi connectivity index (χ0v) is 19.6. The summed E-state index contributed by atoms with van der Waals surface area (Å²) in [7, 11) is 1.65. The normalized spacial score (nSPS) is 13.2. The van der Waals surface area contributed by atoms with Crippen molar-refractivity contribution in [3.8, 4) is 27.8 Å². The molecule has 0 atom stereocenters. The van der Waals surface area contributed by atoms with Crippen LogP contribution in [0.3, 0.4) is 0 Å². The van der Waals surface area contributed by atoms with Crippen molar-refractivity contribution >= 4 is 47.0 Å². The largest absolute Gasteiger partial charge is 0.497 e. The summed E-state index contributed by atoms with van der Waals surface area (Å²) in [6, 6.07) is 13.5. The van der Waals surface area contributed by atoms with E-state index in [0.29, 0.717) is 31.5 Å². The van der Waals surface area contributed by atoms with E-state index in [9.17, 15) is 0 Å². The van der Waals surface area contributed by atoms with Gasteiger partial charge in [0, 0.05) is 29.1 Å². The Balaban J connectivity index is 0.00000256. The van der Waals surface area contributed by atoms with Gasteiger partial charge in [0.25, 0.3) is 0 Å². The molecular weight excluding hydrogens is 515 g/mol. The number of anilines is 1. The highest BCUT2D eigenvalue weighted by Crippen LogP contribution is 2.32. The molecule has 158 valence electrons. The zero-order valence-electron chi connectivity index (χ0n) is 16.5. The highest BCUT2D eigenvalue weighted by molar-refractivity contribution is 14.0. The van der Waals surface area contributed by atoms with Crippen molar-refractivity contribution in [1.82, 2.24) is 4.98 Å². The molecule has 1 aromatic heterocycles. The Morgan fingerprint density at radius 1 is 1.17 bits per heavy atom. The average Bonchev–Trinajstić information content (AvgIpc) is 3.10. The van der Waals surface area contributed by atoms with Crippen LogP contribution >= 0.6 is 35.3 Å². The zero-order chi connectivity index (χ0) is 20.1. The number of thiazole rings is 1. The number of ether oxygens (including phenoxy) is 3. The summed E-state index contributed by atoms with van der Waals surface area (Å²) in [4.78, 5) is 9.02. The molecule has 0 aliphatic carbocycles. The molecule has 2 heterocycles. The first kappa shape index (κ1) is 22.2. The van der Waals surface area contributed by atoms with Gasteiger partial charge in [-0.05, 0) is 36.4 Å². The van der Waals surface area contributed by atoms with Crippen LogP contribution in [0.25, 0.3) is 10.6 Å². The van der Waals surface area contributed by atoms with Crippen molar-refractivity contribution in [3.05, 3.63) is 53.5 Å². The molecule has 0 bridgehead atoms. The lowest BCUT2D eigenvalue weighted by molar-refractivity contribution is 0.297. The molecule has 0 fully saturated rings. The molecule has 0 saturated heterocycles. The van der Waals surface area contributed by atoms with E-state index in [0.717, 1.165) is 39.9 Å². The smallest absolute Gasteiger partial charge is 0.193 e. The summed E-state index contributed by atoms with van der Waals surface area (Å²) in [5, 5.41) is 6.02. The molecule has 0 spiro atoms. The molecule has 0 saturated carbocycles. The fourth-order valence-corrected chi connectivity index (χ4v) is 3.66. The Bertz CT molecular complexity index is 1010. The van der Waals surface area contributed by atoms with Gasteiger partial charge in [-0.2, -0.15) is 0 Å². The molecule has 0 unspecified atom stereocenters. The number of hydrogen-bond acceptors (Lipinski definition) is 6. The monoisotopic (exact) mass is 538 g/mol. The molecule has 2 aromatic carbocycles. The maximum absolute atomic E-state index is 6.04. The van der Waals surface area contributed by atoms with Crippen molar-refractivity contribution in [2.24, 2.45) is 10.7 Å². The van der Waals surface area contributed by atoms with Gasteiger partial charge in [0.15, 0.2) is 17.5 Å². The second-order valence-electron chi connectivity index (χ2n) is 6.41. The Hall–Kier alpha value is -2.53. The minimum Gasteiger partial charge on any atom is -0.497 e. The van der Waals surface area contributed by atoms with Crippen molar-refractivity contribution in [1.29, 1.82) is 0 Å². The summed E-state index contributed by atoms with van der Waals surface area (Å²) in [6.45, 7) is 1.70. The van der Waals surface area contributed by atoms with Crippen LogP contribution in [0.1, 0.15) is 12.1 Å². The van der Waals surface area contributed by atoms with Crippen LogP contribution in [0.5, 0.6) is 17.2 Å². The predicted octanol–water partition coefficient (Wildman–Crippen LogP) is 4.52. The lowest BCUT2D eigenvalue weighted by Crippen LogP contribution is -2.22. The minimum atomic E-state index is 0. The van der Waals surface area contributed by atoms with Gasteiger partial charge in [0.1, 0.15) is 10.8 Å². The van der Waals surface area contributed by atoms with E-state index in [1.807, 2.05) is 47.8 Å². The molecule has 3 aromatic rings. The number of nitrogens with zero attached hydrogens (tertiary/aromatic N) is 2. The highest BCUT2D eigenvalue weighted by atomic mass is 127. The van der Waals surface area contributed by atoms with Crippen LogP contribution in [-0.2, 0) is 6.54 Å². The summed E-state index contributed by atoms with van der Waals surface area (Å²) in [5.41, 5.74) is 8.75. The predicted molar refractivity (Wildman–Crippen MR) is 131 cm³/mol. The minimum absolute atomic E-state index is 0. The van der Waals surface area contributed by atoms with Gasteiger partial charge in [0.2, 0.25) is 0 Å². The summed E-state index contributed by atoms with van der Waals surface area (Å²) in [6.07, 6.45) is 0.868. The number of methoxy groups -OCH3 is 1. The highest BCUT2D eigenvalue weighted by Gasteiger charge is 2.11. The van der Waals surface area contributed by atoms with Gasteiger partial charge >= 0.3 is 0 Å². The van der Waals surface area contributed by atoms with E-state index in [1.165, 1.54) is 0 Å². The Morgan fingerprint density at radius 2 is 1.93 bits per heavy atom. The molecule has 0 amide bonds. The van der Waals surface area contributed by atoms with Crippen molar-refractivity contribution in [2.75, 3.05) is 25.6 Å². The maximum atomic E-state index is 6.04. The molecule has 3 N–H and O–H groups in total. The number of guanidine groups is 1. The summed E-state index contributed by atoms with van der Waals surface area (Å²) in [5.74, 6) is 2.60. The van der Waals surface area contributed by atoms with E-state index in [1.54, 1.807) is 18.4 Å². The van der Waals surface area contributed by atoms with Gasteiger partial charge in [-0.3, -0.25) is 0 Å². The van der Waals surface area contributed by atoms with Crippen molar-refractivity contribution < 1.29 is 14.2 Å². The Morgan fingerprint density at radius 3 is 2.70 bits per heavy atom. The lowest BCUT2D eigenvalue weighted by atomic mass is 10.2. The third kappa shape index (κ3) is 5.54. The molecule has 7 nitrogen and oxygen atoms in total. The molecular formula is C21H23IN4O3S. The fraction of sp³-hybridized carbons (Fsp3) is 0.238.